The van der Waals surface area contributed by atoms with Gasteiger partial charge in [-0.15, -0.1) is 10.2 Å². The summed E-state index contributed by atoms with van der Waals surface area (Å²) in [6.45, 7) is 7.45. The molecule has 0 radical (unpaired) electrons. The Kier molecular flexibility index (Phi) is 7.23. The molecule has 1 aliphatic carbocycles. The van der Waals surface area contributed by atoms with E-state index < -0.39 is 45.2 Å². The summed E-state index contributed by atoms with van der Waals surface area (Å²) in [6.07, 6.45) is 1.64. The predicted octanol–water partition coefficient (Wildman–Crippen LogP) is 5.13. The molecule has 1 unspecified atom stereocenters. The van der Waals surface area contributed by atoms with Gasteiger partial charge < -0.3 is 9.47 Å². The summed E-state index contributed by atoms with van der Waals surface area (Å²) in [6, 6.07) is 10.5. The molecule has 1 aromatic carbocycles. The zero-order valence-electron chi connectivity index (χ0n) is 25.0. The minimum atomic E-state index is -3.94. The number of alkyl halides is 2. The highest BCUT2D eigenvalue weighted by molar-refractivity contribution is 7.89. The van der Waals surface area contributed by atoms with Gasteiger partial charge in [-0.25, -0.2) is 22.2 Å². The minimum Gasteiger partial charge on any atom is -0.469 e. The van der Waals surface area contributed by atoms with Gasteiger partial charge in [0.15, 0.2) is 5.65 Å². The Hall–Kier alpha value is -3.97. The normalized spacial score (nSPS) is 18.1. The number of fused-ring (bicyclic) bond motifs is 2. The van der Waals surface area contributed by atoms with E-state index >= 15 is 0 Å². The minimum absolute atomic E-state index is 0.0303. The number of sulfonamides is 1. The molecule has 0 amide bonds. The van der Waals surface area contributed by atoms with Crippen molar-refractivity contribution in [2.24, 2.45) is 5.41 Å². The first-order chi connectivity index (χ1) is 20.8. The molecular formula is C31H33F2N5O5S. The molecule has 4 heterocycles. The summed E-state index contributed by atoms with van der Waals surface area (Å²) in [4.78, 5) is 17.5. The average molecular weight is 626 g/mol. The van der Waals surface area contributed by atoms with E-state index in [1.807, 2.05) is 25.1 Å². The molecule has 10 nitrogen and oxygen atoms in total. The maximum Gasteiger partial charge on any atom is 0.312 e. The Morgan fingerprint density at radius 3 is 2.59 bits per heavy atom. The van der Waals surface area contributed by atoms with Crippen molar-refractivity contribution in [1.82, 2.24) is 23.9 Å². The number of aromatic nitrogens is 4. The van der Waals surface area contributed by atoms with Crippen LogP contribution < -0.4 is 4.74 Å². The Labute approximate surface area is 254 Å². The summed E-state index contributed by atoms with van der Waals surface area (Å²) in [5.41, 5.74) is 2.15. The third-order valence-corrected chi connectivity index (χ3v) is 10.6. The second-order valence-corrected chi connectivity index (χ2v) is 14.1. The van der Waals surface area contributed by atoms with Gasteiger partial charge in [0, 0.05) is 24.9 Å². The lowest BCUT2D eigenvalue weighted by Gasteiger charge is -2.34. The largest absolute Gasteiger partial charge is 0.469 e. The summed E-state index contributed by atoms with van der Waals surface area (Å²) in [5.74, 6) is -1.42. The Bertz CT molecular complexity index is 1890. The second-order valence-electron chi connectivity index (χ2n) is 12.1. The number of carbonyl (C=O) groups is 1. The first-order valence-electron chi connectivity index (χ1n) is 14.2. The molecule has 0 saturated heterocycles. The molecule has 3 aromatic heterocycles. The lowest BCUT2D eigenvalue weighted by molar-refractivity contribution is -0.151. The molecule has 1 atom stereocenters. The number of hydrogen-bond acceptors (Lipinski definition) is 8. The van der Waals surface area contributed by atoms with E-state index in [1.165, 1.54) is 34.3 Å². The van der Waals surface area contributed by atoms with Crippen LogP contribution in [0.3, 0.4) is 0 Å². The maximum atomic E-state index is 13.9. The topological polar surface area (TPSA) is 116 Å². The van der Waals surface area contributed by atoms with Crippen LogP contribution in [-0.2, 0) is 26.1 Å². The van der Waals surface area contributed by atoms with Gasteiger partial charge in [-0.05, 0) is 86.6 Å². The smallest absolute Gasteiger partial charge is 0.312 e. The van der Waals surface area contributed by atoms with Crippen LogP contribution in [0.2, 0.25) is 0 Å². The molecule has 1 saturated carbocycles. The molecule has 0 N–H and O–H groups in total. The zero-order chi connectivity index (χ0) is 31.6. The van der Waals surface area contributed by atoms with Crippen LogP contribution >= 0.6 is 0 Å². The molecule has 1 aliphatic heterocycles. The fraction of sp³-hybridized carbons (Fsp3) is 0.419. The fourth-order valence-electron chi connectivity index (χ4n) is 6.15. The van der Waals surface area contributed by atoms with E-state index in [-0.39, 0.29) is 29.5 Å². The quantitative estimate of drug-likeness (QED) is 0.260. The van der Waals surface area contributed by atoms with E-state index in [4.69, 9.17) is 9.47 Å². The highest BCUT2D eigenvalue weighted by Crippen LogP contribution is 2.47. The number of nitrogens with zero attached hydrogens (tertiary/aromatic N) is 5. The molecule has 13 heteroatoms. The van der Waals surface area contributed by atoms with E-state index in [1.54, 1.807) is 32.9 Å². The zero-order valence-corrected chi connectivity index (χ0v) is 25.9. The number of carbonyl (C=O) groups excluding carboxylic acids is 1. The standard InChI is InChI=1S/C31H33F2N5O5S/c1-18-8-9-20(15-21(18)16-37-17-31(11-12-31)43-28-23(44(37,40)41)7-6-13-34-28)24(30(3,4)29(39)42-5)22-10-14-38-26(19(22)2)35-36-27(38)25(32)33/h6-10,13-15,24-25H,11-12,16-17H2,1-5H3. The van der Waals surface area contributed by atoms with E-state index in [0.29, 0.717) is 11.1 Å². The third-order valence-electron chi connectivity index (χ3n) is 8.83. The van der Waals surface area contributed by atoms with Crippen LogP contribution in [0.4, 0.5) is 8.78 Å². The summed E-state index contributed by atoms with van der Waals surface area (Å²) < 4.78 is 68.9. The molecule has 44 heavy (non-hydrogen) atoms. The van der Waals surface area contributed by atoms with Crippen molar-refractivity contribution in [2.45, 2.75) is 69.9 Å². The molecule has 2 aliphatic rings. The molecule has 1 spiro atoms. The molecule has 6 rings (SSSR count). The van der Waals surface area contributed by atoms with Gasteiger partial charge >= 0.3 is 5.97 Å². The molecule has 4 aromatic rings. The highest BCUT2D eigenvalue weighted by atomic mass is 32.2. The Morgan fingerprint density at radius 1 is 1.16 bits per heavy atom. The van der Waals surface area contributed by atoms with Crippen LogP contribution in [0.1, 0.15) is 72.7 Å². The summed E-state index contributed by atoms with van der Waals surface area (Å²) in [7, 11) is -2.62. The number of benzene rings is 1. The van der Waals surface area contributed by atoms with E-state index in [0.717, 1.165) is 29.5 Å². The van der Waals surface area contributed by atoms with Crippen LogP contribution in [0.15, 0.2) is 53.7 Å². The van der Waals surface area contributed by atoms with E-state index in [2.05, 4.69) is 15.2 Å². The number of esters is 1. The van der Waals surface area contributed by atoms with Gasteiger partial charge in [-0.1, -0.05) is 18.2 Å². The Morgan fingerprint density at radius 2 is 1.91 bits per heavy atom. The van der Waals surface area contributed by atoms with Crippen molar-refractivity contribution in [3.63, 3.8) is 0 Å². The fourth-order valence-corrected chi connectivity index (χ4v) is 7.70. The van der Waals surface area contributed by atoms with Crippen molar-refractivity contribution in [2.75, 3.05) is 13.7 Å². The molecule has 232 valence electrons. The van der Waals surface area contributed by atoms with Crippen molar-refractivity contribution < 1.29 is 31.5 Å². The molecular weight excluding hydrogens is 592 g/mol. The Balaban J connectivity index is 1.46. The van der Waals surface area contributed by atoms with Crippen molar-refractivity contribution in [3.8, 4) is 5.88 Å². The number of aryl methyl sites for hydroxylation is 2. The van der Waals surface area contributed by atoms with Gasteiger partial charge in [0.25, 0.3) is 6.43 Å². The third kappa shape index (κ3) is 4.91. The number of ether oxygens (including phenoxy) is 2. The van der Waals surface area contributed by atoms with Gasteiger partial charge in [-0.3, -0.25) is 9.20 Å². The predicted molar refractivity (Wildman–Crippen MR) is 156 cm³/mol. The molecule has 0 bridgehead atoms. The average Bonchev–Trinajstić information content (AvgIpc) is 3.60. The SMILES string of the molecule is COC(=O)C(C)(C)C(c1ccc(C)c(CN2CC3(CC3)Oc3ncccc3S2(=O)=O)c1)c1ccn2c(C(F)F)nnc2c1C. The van der Waals surface area contributed by atoms with Crippen LogP contribution in [0.25, 0.3) is 5.65 Å². The lowest BCUT2D eigenvalue weighted by Crippen LogP contribution is -2.38. The van der Waals surface area contributed by atoms with Crippen LogP contribution in [0, 0.1) is 19.3 Å². The molecule has 1 fully saturated rings. The van der Waals surface area contributed by atoms with E-state index in [9.17, 15) is 22.0 Å². The first kappa shape index (κ1) is 30.1. The van der Waals surface area contributed by atoms with Crippen molar-refractivity contribution >= 4 is 21.6 Å². The monoisotopic (exact) mass is 625 g/mol. The number of halogens is 2. The van der Waals surface area contributed by atoms with Gasteiger partial charge in [0.2, 0.25) is 21.7 Å². The van der Waals surface area contributed by atoms with Gasteiger partial charge in [0.05, 0.1) is 19.1 Å². The van der Waals surface area contributed by atoms with Crippen LogP contribution in [-0.4, -0.2) is 57.5 Å². The second kappa shape index (κ2) is 10.6. The van der Waals surface area contributed by atoms with Gasteiger partial charge in [-0.2, -0.15) is 4.31 Å². The highest BCUT2D eigenvalue weighted by Gasteiger charge is 2.52. The number of rotatable bonds is 7. The lowest BCUT2D eigenvalue weighted by atomic mass is 9.70. The maximum absolute atomic E-state index is 13.9. The number of pyridine rings is 2. The number of methoxy groups -OCH3 is 1. The van der Waals surface area contributed by atoms with Gasteiger partial charge in [0.1, 0.15) is 10.5 Å². The summed E-state index contributed by atoms with van der Waals surface area (Å²) >= 11 is 0. The summed E-state index contributed by atoms with van der Waals surface area (Å²) in [5, 5.41) is 7.70. The van der Waals surface area contributed by atoms with Crippen LogP contribution in [0.5, 0.6) is 5.88 Å². The number of hydrogen-bond donors (Lipinski definition) is 0. The van der Waals surface area contributed by atoms with Crippen molar-refractivity contribution in [3.05, 3.63) is 82.4 Å². The first-order valence-corrected chi connectivity index (χ1v) is 15.7. The van der Waals surface area contributed by atoms with Crippen molar-refractivity contribution in [1.29, 1.82) is 0 Å².